The molecule has 1 saturated carbocycles. The summed E-state index contributed by atoms with van der Waals surface area (Å²) in [4.78, 5) is 24.5. The molecule has 5 nitrogen and oxygen atoms in total. The van der Waals surface area contributed by atoms with Crippen molar-refractivity contribution in [2.45, 2.75) is 51.6 Å². The van der Waals surface area contributed by atoms with Gasteiger partial charge < -0.3 is 15.6 Å². The van der Waals surface area contributed by atoms with Crippen molar-refractivity contribution in [1.82, 2.24) is 9.88 Å². The molecule has 0 bridgehead atoms. The van der Waals surface area contributed by atoms with Gasteiger partial charge in [-0.05, 0) is 31.9 Å². The molecule has 114 valence electrons. The van der Waals surface area contributed by atoms with Crippen LogP contribution >= 0.6 is 12.2 Å². The summed E-state index contributed by atoms with van der Waals surface area (Å²) in [5.41, 5.74) is 6.23. The molecule has 1 amide bonds. The van der Waals surface area contributed by atoms with Gasteiger partial charge in [0.2, 0.25) is 5.91 Å². The number of carbonyl (C=O) groups is 1. The van der Waals surface area contributed by atoms with Crippen LogP contribution in [0.2, 0.25) is 0 Å². The topological polar surface area (TPSA) is 77.1 Å². The van der Waals surface area contributed by atoms with Crippen LogP contribution in [0, 0.1) is 6.92 Å². The first-order valence-electron chi connectivity index (χ1n) is 7.28. The van der Waals surface area contributed by atoms with Crippen molar-refractivity contribution in [3.8, 4) is 0 Å². The van der Waals surface area contributed by atoms with E-state index < -0.39 is 0 Å². The van der Waals surface area contributed by atoms with Crippen molar-refractivity contribution < 1.29 is 4.79 Å². The number of aryl methyl sites for hydroxylation is 1. The fourth-order valence-electron chi connectivity index (χ4n) is 2.72. The number of nitrogens with two attached hydrogens (primary N) is 1. The van der Waals surface area contributed by atoms with Crippen molar-refractivity contribution in [2.75, 3.05) is 0 Å². The summed E-state index contributed by atoms with van der Waals surface area (Å²) in [6.45, 7) is 1.80. The molecule has 1 aliphatic rings. The lowest BCUT2D eigenvalue weighted by Crippen LogP contribution is -2.41. The Kier molecular flexibility index (Phi) is 5.12. The summed E-state index contributed by atoms with van der Waals surface area (Å²) < 4.78 is 1.42. The highest BCUT2D eigenvalue weighted by Crippen LogP contribution is 2.17. The third-order valence-electron chi connectivity index (χ3n) is 3.93. The number of nitrogens with one attached hydrogen (secondary N) is 1. The van der Waals surface area contributed by atoms with Gasteiger partial charge in [0, 0.05) is 11.7 Å². The zero-order valence-electron chi connectivity index (χ0n) is 12.2. The summed E-state index contributed by atoms with van der Waals surface area (Å²) >= 11 is 4.86. The Morgan fingerprint density at radius 3 is 2.67 bits per heavy atom. The van der Waals surface area contributed by atoms with Crippen LogP contribution in [-0.2, 0) is 11.3 Å². The van der Waals surface area contributed by atoms with E-state index >= 15 is 0 Å². The van der Waals surface area contributed by atoms with E-state index in [1.165, 1.54) is 11.0 Å². The maximum atomic E-state index is 12.3. The van der Waals surface area contributed by atoms with Crippen molar-refractivity contribution in [3.05, 3.63) is 33.7 Å². The highest BCUT2D eigenvalue weighted by Gasteiger charge is 2.17. The third-order valence-corrected chi connectivity index (χ3v) is 4.15. The fourth-order valence-corrected chi connectivity index (χ4v) is 2.87. The van der Waals surface area contributed by atoms with E-state index in [2.05, 4.69) is 5.32 Å². The van der Waals surface area contributed by atoms with Gasteiger partial charge in [-0.25, -0.2) is 0 Å². The largest absolute Gasteiger partial charge is 0.389 e. The van der Waals surface area contributed by atoms with Gasteiger partial charge in [-0.15, -0.1) is 0 Å². The highest BCUT2D eigenvalue weighted by atomic mass is 32.1. The third kappa shape index (κ3) is 3.91. The molecule has 1 fully saturated rings. The molecule has 0 atom stereocenters. The fraction of sp³-hybridized carbons (Fsp3) is 0.533. The van der Waals surface area contributed by atoms with E-state index in [1.807, 2.05) is 0 Å². The minimum absolute atomic E-state index is 0.0115. The highest BCUT2D eigenvalue weighted by molar-refractivity contribution is 7.80. The molecular weight excluding hydrogens is 286 g/mol. The Labute approximate surface area is 129 Å². The predicted octanol–water partition coefficient (Wildman–Crippen LogP) is 1.24. The molecule has 0 saturated heterocycles. The normalized spacial score (nSPS) is 15.7. The number of carbonyl (C=O) groups excluding carboxylic acids is 1. The molecule has 3 N–H and O–H groups in total. The first kappa shape index (κ1) is 15.7. The van der Waals surface area contributed by atoms with E-state index in [1.54, 1.807) is 19.1 Å². The van der Waals surface area contributed by atoms with Crippen LogP contribution in [-0.4, -0.2) is 21.5 Å². The molecule has 1 aromatic heterocycles. The number of amides is 1. The lowest BCUT2D eigenvalue weighted by molar-refractivity contribution is -0.122. The summed E-state index contributed by atoms with van der Waals surface area (Å²) in [5, 5.41) is 3.01. The SMILES string of the molecule is Cc1ccc(C(N)=S)c(=O)n1CC(=O)NC1CCCCC1. The van der Waals surface area contributed by atoms with Crippen LogP contribution in [0.1, 0.15) is 43.4 Å². The molecule has 1 aliphatic carbocycles. The van der Waals surface area contributed by atoms with Gasteiger partial charge >= 0.3 is 0 Å². The molecular formula is C15H21N3O2S. The lowest BCUT2D eigenvalue weighted by Gasteiger charge is -2.23. The molecule has 0 radical (unpaired) electrons. The maximum absolute atomic E-state index is 12.3. The number of thiocarbonyl (C=S) groups is 1. The number of hydrogen-bond acceptors (Lipinski definition) is 3. The Balaban J connectivity index is 2.11. The minimum atomic E-state index is -0.304. The van der Waals surface area contributed by atoms with Crippen LogP contribution in [0.5, 0.6) is 0 Å². The maximum Gasteiger partial charge on any atom is 0.261 e. The van der Waals surface area contributed by atoms with Crippen molar-refractivity contribution in [3.63, 3.8) is 0 Å². The van der Waals surface area contributed by atoms with Gasteiger partial charge in [0.15, 0.2) is 0 Å². The van der Waals surface area contributed by atoms with Crippen LogP contribution in [0.25, 0.3) is 0 Å². The van der Waals surface area contributed by atoms with Gasteiger partial charge in [0.25, 0.3) is 5.56 Å². The monoisotopic (exact) mass is 307 g/mol. The Bertz CT molecular complexity index is 603. The molecule has 0 spiro atoms. The average Bonchev–Trinajstić information content (AvgIpc) is 2.44. The second-order valence-corrected chi connectivity index (χ2v) is 5.99. The van der Waals surface area contributed by atoms with E-state index in [9.17, 15) is 9.59 Å². The number of hydrogen-bond donors (Lipinski definition) is 2. The average molecular weight is 307 g/mol. The van der Waals surface area contributed by atoms with E-state index in [-0.39, 0.29) is 34.6 Å². The molecule has 1 aromatic rings. The van der Waals surface area contributed by atoms with E-state index in [4.69, 9.17) is 18.0 Å². The molecule has 0 aliphatic heterocycles. The van der Waals surface area contributed by atoms with Crippen LogP contribution in [0.4, 0.5) is 0 Å². The van der Waals surface area contributed by atoms with Crippen LogP contribution < -0.4 is 16.6 Å². The molecule has 6 heteroatoms. The smallest absolute Gasteiger partial charge is 0.261 e. The van der Waals surface area contributed by atoms with Gasteiger partial charge in [-0.2, -0.15) is 0 Å². The summed E-state index contributed by atoms with van der Waals surface area (Å²) in [5.74, 6) is -0.132. The predicted molar refractivity (Wildman–Crippen MR) is 86.3 cm³/mol. The molecule has 1 heterocycles. The molecule has 2 rings (SSSR count). The standard InChI is InChI=1S/C15H21N3O2S/c1-10-7-8-12(14(16)21)15(20)18(10)9-13(19)17-11-5-3-2-4-6-11/h7-8,11H,2-6,9H2,1H3,(H2,16,21)(H,17,19). The van der Waals surface area contributed by atoms with Crippen LogP contribution in [0.15, 0.2) is 16.9 Å². The Morgan fingerprint density at radius 1 is 1.38 bits per heavy atom. The van der Waals surface area contributed by atoms with Crippen molar-refractivity contribution >= 4 is 23.1 Å². The van der Waals surface area contributed by atoms with Gasteiger partial charge in [-0.1, -0.05) is 31.5 Å². The van der Waals surface area contributed by atoms with Gasteiger partial charge in [0.05, 0.1) is 5.56 Å². The quantitative estimate of drug-likeness (QED) is 0.821. The Morgan fingerprint density at radius 2 is 2.05 bits per heavy atom. The zero-order chi connectivity index (χ0) is 15.4. The second kappa shape index (κ2) is 6.85. The molecule has 0 unspecified atom stereocenters. The van der Waals surface area contributed by atoms with Gasteiger partial charge in [-0.3, -0.25) is 9.59 Å². The summed E-state index contributed by atoms with van der Waals surface area (Å²) in [7, 11) is 0. The van der Waals surface area contributed by atoms with Crippen molar-refractivity contribution in [2.24, 2.45) is 5.73 Å². The number of aromatic nitrogens is 1. The second-order valence-electron chi connectivity index (χ2n) is 5.55. The van der Waals surface area contributed by atoms with Gasteiger partial charge in [0.1, 0.15) is 11.5 Å². The number of rotatable bonds is 4. The van der Waals surface area contributed by atoms with E-state index in [0.717, 1.165) is 31.4 Å². The first-order valence-corrected chi connectivity index (χ1v) is 7.69. The molecule has 21 heavy (non-hydrogen) atoms. The van der Waals surface area contributed by atoms with E-state index in [0.29, 0.717) is 0 Å². The minimum Gasteiger partial charge on any atom is -0.389 e. The Hall–Kier alpha value is -1.69. The van der Waals surface area contributed by atoms with Crippen LogP contribution in [0.3, 0.4) is 0 Å². The summed E-state index contributed by atoms with van der Waals surface area (Å²) in [6.07, 6.45) is 5.59. The summed E-state index contributed by atoms with van der Waals surface area (Å²) in [6, 6.07) is 3.60. The lowest BCUT2D eigenvalue weighted by atomic mass is 9.95. The first-order chi connectivity index (χ1) is 9.99. The number of pyridine rings is 1. The van der Waals surface area contributed by atoms with Crippen molar-refractivity contribution in [1.29, 1.82) is 0 Å². The zero-order valence-corrected chi connectivity index (χ0v) is 13.0. The number of nitrogens with zero attached hydrogens (tertiary/aromatic N) is 1. The molecule has 0 aromatic carbocycles.